The minimum absolute atomic E-state index is 0.277. The minimum Gasteiger partial charge on any atom is -0.494 e. The third kappa shape index (κ3) is 7.89. The fraction of sp³-hybridized carbons (Fsp3) is 0.647. The summed E-state index contributed by atoms with van der Waals surface area (Å²) < 4.78 is 5.74. The smallest absolute Gasteiger partial charge is 0.119 e. The lowest BCUT2D eigenvalue weighted by Crippen LogP contribution is -2.15. The summed E-state index contributed by atoms with van der Waals surface area (Å²) in [5.41, 5.74) is 7.10. The normalized spacial score (nSPS) is 12.4. The molecule has 2 N–H and O–H groups in total. The number of hydrogen-bond acceptors (Lipinski definition) is 2. The van der Waals surface area contributed by atoms with Crippen LogP contribution in [-0.4, -0.2) is 12.6 Å². The van der Waals surface area contributed by atoms with E-state index in [1.54, 1.807) is 0 Å². The number of ether oxygens (including phenoxy) is 1. The third-order valence-electron chi connectivity index (χ3n) is 3.33. The molecule has 2 nitrogen and oxygen atoms in total. The molecule has 0 saturated carbocycles. The number of benzene rings is 1. The van der Waals surface area contributed by atoms with Gasteiger partial charge in [0.1, 0.15) is 5.75 Å². The SMILES string of the molecule is CCCCCCCOc1ccc(CCC(C)N)cc1. The van der Waals surface area contributed by atoms with Crippen LogP contribution in [0.5, 0.6) is 5.75 Å². The number of unbranched alkanes of at least 4 members (excludes halogenated alkanes) is 4. The van der Waals surface area contributed by atoms with Gasteiger partial charge in [-0.25, -0.2) is 0 Å². The average molecular weight is 263 g/mol. The molecule has 0 radical (unpaired) electrons. The van der Waals surface area contributed by atoms with E-state index in [0.29, 0.717) is 0 Å². The lowest BCUT2D eigenvalue weighted by atomic mass is 10.1. The van der Waals surface area contributed by atoms with Crippen molar-refractivity contribution in [2.45, 2.75) is 64.8 Å². The predicted molar refractivity (Wildman–Crippen MR) is 82.7 cm³/mol. The quantitative estimate of drug-likeness (QED) is 0.638. The van der Waals surface area contributed by atoms with Crippen LogP contribution in [0.4, 0.5) is 0 Å². The first-order chi connectivity index (χ1) is 9.22. The number of hydrogen-bond donors (Lipinski definition) is 1. The van der Waals surface area contributed by atoms with Gasteiger partial charge in [0.15, 0.2) is 0 Å². The van der Waals surface area contributed by atoms with Crippen LogP contribution in [-0.2, 0) is 6.42 Å². The van der Waals surface area contributed by atoms with Crippen molar-refractivity contribution in [2.75, 3.05) is 6.61 Å². The molecule has 1 rings (SSSR count). The van der Waals surface area contributed by atoms with E-state index in [9.17, 15) is 0 Å². The lowest BCUT2D eigenvalue weighted by molar-refractivity contribution is 0.304. The van der Waals surface area contributed by atoms with Crippen LogP contribution in [0.1, 0.15) is 57.9 Å². The number of rotatable bonds is 10. The Labute approximate surface area is 118 Å². The van der Waals surface area contributed by atoms with E-state index in [1.807, 2.05) is 0 Å². The summed E-state index contributed by atoms with van der Waals surface area (Å²) in [5, 5.41) is 0. The van der Waals surface area contributed by atoms with Crippen molar-refractivity contribution in [2.24, 2.45) is 5.73 Å². The Bertz CT molecular complexity index is 319. The van der Waals surface area contributed by atoms with Crippen molar-refractivity contribution in [3.05, 3.63) is 29.8 Å². The molecule has 19 heavy (non-hydrogen) atoms. The number of aryl methyl sites for hydroxylation is 1. The first kappa shape index (κ1) is 16.0. The molecule has 0 aliphatic heterocycles. The van der Waals surface area contributed by atoms with Gasteiger partial charge in [0, 0.05) is 6.04 Å². The second kappa shape index (κ2) is 9.85. The Hall–Kier alpha value is -1.02. The zero-order valence-corrected chi connectivity index (χ0v) is 12.5. The zero-order chi connectivity index (χ0) is 13.9. The monoisotopic (exact) mass is 263 g/mol. The third-order valence-corrected chi connectivity index (χ3v) is 3.33. The van der Waals surface area contributed by atoms with Crippen molar-refractivity contribution in [3.63, 3.8) is 0 Å². The second-order valence-electron chi connectivity index (χ2n) is 5.42. The maximum absolute atomic E-state index is 5.76. The van der Waals surface area contributed by atoms with E-state index in [1.165, 1.54) is 31.2 Å². The van der Waals surface area contributed by atoms with Crippen LogP contribution < -0.4 is 10.5 Å². The summed E-state index contributed by atoms with van der Waals surface area (Å²) in [4.78, 5) is 0. The largest absolute Gasteiger partial charge is 0.494 e. The first-order valence-corrected chi connectivity index (χ1v) is 7.69. The van der Waals surface area contributed by atoms with Gasteiger partial charge in [-0.3, -0.25) is 0 Å². The highest BCUT2D eigenvalue weighted by Gasteiger charge is 1.98. The molecule has 1 unspecified atom stereocenters. The van der Waals surface area contributed by atoms with Crippen LogP contribution in [0.3, 0.4) is 0 Å². The fourth-order valence-electron chi connectivity index (χ4n) is 2.04. The van der Waals surface area contributed by atoms with Crippen LogP contribution in [0.25, 0.3) is 0 Å². The second-order valence-corrected chi connectivity index (χ2v) is 5.42. The van der Waals surface area contributed by atoms with Crippen molar-refractivity contribution in [1.29, 1.82) is 0 Å². The molecule has 1 atom stereocenters. The van der Waals surface area contributed by atoms with E-state index in [-0.39, 0.29) is 6.04 Å². The van der Waals surface area contributed by atoms with E-state index < -0.39 is 0 Å². The summed E-state index contributed by atoms with van der Waals surface area (Å²) in [6, 6.07) is 8.72. The molecular weight excluding hydrogens is 234 g/mol. The summed E-state index contributed by atoms with van der Waals surface area (Å²) in [7, 11) is 0. The Morgan fingerprint density at radius 2 is 1.74 bits per heavy atom. The molecule has 0 spiro atoms. The van der Waals surface area contributed by atoms with E-state index in [4.69, 9.17) is 10.5 Å². The maximum Gasteiger partial charge on any atom is 0.119 e. The molecule has 1 aromatic carbocycles. The molecule has 2 heteroatoms. The van der Waals surface area contributed by atoms with Gasteiger partial charge in [0.05, 0.1) is 6.61 Å². The van der Waals surface area contributed by atoms with Gasteiger partial charge in [-0.2, -0.15) is 0 Å². The fourth-order valence-corrected chi connectivity index (χ4v) is 2.04. The molecule has 0 aliphatic carbocycles. The molecule has 0 amide bonds. The molecule has 1 aromatic rings. The van der Waals surface area contributed by atoms with Crippen LogP contribution >= 0.6 is 0 Å². The summed E-state index contributed by atoms with van der Waals surface area (Å²) in [6.07, 6.45) is 8.49. The molecule has 0 heterocycles. The molecule has 0 fully saturated rings. The van der Waals surface area contributed by atoms with Crippen molar-refractivity contribution >= 4 is 0 Å². The standard InChI is InChI=1S/C17H29NO/c1-3-4-5-6-7-14-19-17-12-10-16(11-13-17)9-8-15(2)18/h10-13,15H,3-9,14,18H2,1-2H3. The van der Waals surface area contributed by atoms with E-state index in [0.717, 1.165) is 31.6 Å². The lowest BCUT2D eigenvalue weighted by Gasteiger charge is -2.08. The predicted octanol–water partition coefficient (Wildman–Crippen LogP) is 4.32. The van der Waals surface area contributed by atoms with Gasteiger partial charge < -0.3 is 10.5 Å². The van der Waals surface area contributed by atoms with Crippen molar-refractivity contribution in [3.8, 4) is 5.75 Å². The van der Waals surface area contributed by atoms with E-state index >= 15 is 0 Å². The summed E-state index contributed by atoms with van der Waals surface area (Å²) >= 11 is 0. The Balaban J connectivity index is 2.17. The number of nitrogens with two attached hydrogens (primary N) is 1. The van der Waals surface area contributed by atoms with Crippen molar-refractivity contribution < 1.29 is 4.74 Å². The highest BCUT2D eigenvalue weighted by atomic mass is 16.5. The first-order valence-electron chi connectivity index (χ1n) is 7.69. The molecule has 0 saturated heterocycles. The highest BCUT2D eigenvalue weighted by molar-refractivity contribution is 5.27. The Morgan fingerprint density at radius 1 is 1.05 bits per heavy atom. The van der Waals surface area contributed by atoms with Gasteiger partial charge in [0.25, 0.3) is 0 Å². The molecule has 0 bridgehead atoms. The van der Waals surface area contributed by atoms with E-state index in [2.05, 4.69) is 38.1 Å². The molecule has 108 valence electrons. The Morgan fingerprint density at radius 3 is 2.37 bits per heavy atom. The van der Waals surface area contributed by atoms with Gasteiger partial charge in [0.2, 0.25) is 0 Å². The summed E-state index contributed by atoms with van der Waals surface area (Å²) in [6.45, 7) is 5.13. The summed E-state index contributed by atoms with van der Waals surface area (Å²) in [5.74, 6) is 0.986. The molecular formula is C17H29NO. The average Bonchev–Trinajstić information content (AvgIpc) is 2.41. The Kier molecular flexibility index (Phi) is 8.31. The zero-order valence-electron chi connectivity index (χ0n) is 12.5. The van der Waals surface area contributed by atoms with Gasteiger partial charge in [-0.05, 0) is 43.9 Å². The highest BCUT2D eigenvalue weighted by Crippen LogP contribution is 2.14. The van der Waals surface area contributed by atoms with Gasteiger partial charge in [-0.1, -0.05) is 44.7 Å². The van der Waals surface area contributed by atoms with Crippen LogP contribution in [0.2, 0.25) is 0 Å². The van der Waals surface area contributed by atoms with Gasteiger partial charge >= 0.3 is 0 Å². The van der Waals surface area contributed by atoms with Crippen LogP contribution in [0, 0.1) is 0 Å². The molecule has 0 aromatic heterocycles. The van der Waals surface area contributed by atoms with Crippen LogP contribution in [0.15, 0.2) is 24.3 Å². The topological polar surface area (TPSA) is 35.2 Å². The minimum atomic E-state index is 0.277. The van der Waals surface area contributed by atoms with Crippen molar-refractivity contribution in [1.82, 2.24) is 0 Å². The maximum atomic E-state index is 5.76. The molecule has 0 aliphatic rings. The van der Waals surface area contributed by atoms with Gasteiger partial charge in [-0.15, -0.1) is 0 Å².